The summed E-state index contributed by atoms with van der Waals surface area (Å²) in [5.74, 6) is 0.0929. The number of halogens is 1. The molecule has 2 aromatic carbocycles. The molecule has 4 heteroatoms. The normalized spacial score (nSPS) is 15.8. The first kappa shape index (κ1) is 14.2. The van der Waals surface area contributed by atoms with Gasteiger partial charge in [0, 0.05) is 6.42 Å². The summed E-state index contributed by atoms with van der Waals surface area (Å²) in [6.45, 7) is 2.00. The van der Waals surface area contributed by atoms with Gasteiger partial charge in [0.1, 0.15) is 17.3 Å². The third kappa shape index (κ3) is 3.28. The highest BCUT2D eigenvalue weighted by Gasteiger charge is 2.19. The second-order valence-electron chi connectivity index (χ2n) is 5.26. The van der Waals surface area contributed by atoms with Crippen LogP contribution < -0.4 is 5.32 Å². The quantitative estimate of drug-likeness (QED) is 0.867. The second-order valence-corrected chi connectivity index (χ2v) is 5.26. The molecule has 1 heterocycles. The summed E-state index contributed by atoms with van der Waals surface area (Å²) in [7, 11) is 0. The zero-order valence-electron chi connectivity index (χ0n) is 12.1. The fourth-order valence-electron chi connectivity index (χ4n) is 2.31. The van der Waals surface area contributed by atoms with Crippen LogP contribution in [0.15, 0.2) is 59.2 Å². The van der Waals surface area contributed by atoms with Crippen molar-refractivity contribution in [3.63, 3.8) is 0 Å². The summed E-state index contributed by atoms with van der Waals surface area (Å²) in [5, 5.41) is 2.75. The molecule has 0 fully saturated rings. The number of rotatable bonds is 3. The Labute approximate surface area is 128 Å². The van der Waals surface area contributed by atoms with Gasteiger partial charge in [-0.25, -0.2) is 9.38 Å². The molecule has 1 N–H and O–H groups in total. The van der Waals surface area contributed by atoms with E-state index >= 15 is 0 Å². The maximum atomic E-state index is 12.9. The SMILES string of the molecule is Cc1cccc(/C=C2/N=C(Cc3ccc(F)cc3)NC2=O)c1. The first-order chi connectivity index (χ1) is 10.6. The predicted octanol–water partition coefficient (Wildman–Crippen LogP) is 3.25. The van der Waals surface area contributed by atoms with E-state index < -0.39 is 0 Å². The number of carbonyl (C=O) groups is 1. The van der Waals surface area contributed by atoms with E-state index in [1.54, 1.807) is 18.2 Å². The van der Waals surface area contributed by atoms with Crippen molar-refractivity contribution >= 4 is 17.8 Å². The van der Waals surface area contributed by atoms with Crippen molar-refractivity contribution in [1.82, 2.24) is 5.32 Å². The largest absolute Gasteiger partial charge is 0.308 e. The average molecular weight is 294 g/mol. The summed E-state index contributed by atoms with van der Waals surface area (Å²) >= 11 is 0. The van der Waals surface area contributed by atoms with Crippen LogP contribution in [0.3, 0.4) is 0 Å². The van der Waals surface area contributed by atoms with Gasteiger partial charge in [-0.05, 0) is 36.3 Å². The molecule has 0 unspecified atom stereocenters. The van der Waals surface area contributed by atoms with Crippen LogP contribution in [0.1, 0.15) is 16.7 Å². The molecule has 0 aromatic heterocycles. The van der Waals surface area contributed by atoms with Gasteiger partial charge in [0.25, 0.3) is 5.91 Å². The molecule has 1 amide bonds. The van der Waals surface area contributed by atoms with E-state index in [1.807, 2.05) is 31.2 Å². The van der Waals surface area contributed by atoms with Crippen molar-refractivity contribution in [1.29, 1.82) is 0 Å². The number of amidine groups is 1. The van der Waals surface area contributed by atoms with Crippen molar-refractivity contribution in [3.05, 3.63) is 76.7 Å². The molecule has 22 heavy (non-hydrogen) atoms. The maximum absolute atomic E-state index is 12.9. The second kappa shape index (κ2) is 5.93. The molecular weight excluding hydrogens is 279 g/mol. The Balaban J connectivity index is 1.80. The minimum atomic E-state index is -0.277. The van der Waals surface area contributed by atoms with Gasteiger partial charge in [-0.3, -0.25) is 4.79 Å². The highest BCUT2D eigenvalue weighted by atomic mass is 19.1. The van der Waals surface area contributed by atoms with E-state index in [-0.39, 0.29) is 11.7 Å². The number of aryl methyl sites for hydroxylation is 1. The fourth-order valence-corrected chi connectivity index (χ4v) is 2.31. The van der Waals surface area contributed by atoms with Crippen molar-refractivity contribution < 1.29 is 9.18 Å². The van der Waals surface area contributed by atoms with Crippen LogP contribution in [0, 0.1) is 12.7 Å². The minimum absolute atomic E-state index is 0.210. The molecule has 0 aliphatic carbocycles. The lowest BCUT2D eigenvalue weighted by Crippen LogP contribution is -2.25. The zero-order valence-corrected chi connectivity index (χ0v) is 12.1. The van der Waals surface area contributed by atoms with E-state index in [0.29, 0.717) is 18.0 Å². The van der Waals surface area contributed by atoms with Crippen LogP contribution >= 0.6 is 0 Å². The standard InChI is InChI=1S/C18H15FN2O/c1-12-3-2-4-14(9-12)10-16-18(22)21-17(20-16)11-13-5-7-15(19)8-6-13/h2-10H,11H2,1H3,(H,20,21,22)/b16-10+. The summed E-state index contributed by atoms with van der Waals surface area (Å²) in [6.07, 6.45) is 2.23. The van der Waals surface area contributed by atoms with Crippen molar-refractivity contribution in [2.24, 2.45) is 4.99 Å². The molecule has 0 bridgehead atoms. The molecule has 0 spiro atoms. The predicted molar refractivity (Wildman–Crippen MR) is 84.8 cm³/mol. The molecule has 110 valence electrons. The third-order valence-electron chi connectivity index (χ3n) is 3.38. The van der Waals surface area contributed by atoms with Gasteiger partial charge in [0.05, 0.1) is 0 Å². The monoisotopic (exact) mass is 294 g/mol. The highest BCUT2D eigenvalue weighted by molar-refractivity contribution is 6.14. The fraction of sp³-hybridized carbons (Fsp3) is 0.111. The van der Waals surface area contributed by atoms with Gasteiger partial charge in [-0.15, -0.1) is 0 Å². The van der Waals surface area contributed by atoms with E-state index in [0.717, 1.165) is 16.7 Å². The zero-order chi connectivity index (χ0) is 15.5. The number of hydrogen-bond donors (Lipinski definition) is 1. The van der Waals surface area contributed by atoms with E-state index in [9.17, 15) is 9.18 Å². The Morgan fingerprint density at radius 2 is 1.95 bits per heavy atom. The Hall–Kier alpha value is -2.75. The Bertz CT molecular complexity index is 776. The summed E-state index contributed by atoms with van der Waals surface area (Å²) < 4.78 is 12.9. The molecule has 3 nitrogen and oxygen atoms in total. The van der Waals surface area contributed by atoms with Crippen LogP contribution in [0.5, 0.6) is 0 Å². The molecule has 3 rings (SSSR count). The third-order valence-corrected chi connectivity index (χ3v) is 3.38. The van der Waals surface area contributed by atoms with Crippen LogP contribution in [-0.4, -0.2) is 11.7 Å². The Morgan fingerprint density at radius 3 is 2.68 bits per heavy atom. The van der Waals surface area contributed by atoms with E-state index in [4.69, 9.17) is 0 Å². The first-order valence-electron chi connectivity index (χ1n) is 7.02. The van der Waals surface area contributed by atoms with E-state index in [2.05, 4.69) is 10.3 Å². The van der Waals surface area contributed by atoms with Gasteiger partial charge >= 0.3 is 0 Å². The first-order valence-corrected chi connectivity index (χ1v) is 7.02. The number of amides is 1. The molecular formula is C18H15FN2O. The molecule has 1 aliphatic rings. The van der Waals surface area contributed by atoms with Gasteiger partial charge in [-0.1, -0.05) is 42.0 Å². The molecule has 0 radical (unpaired) electrons. The summed E-state index contributed by atoms with van der Waals surface area (Å²) in [6, 6.07) is 14.0. The highest BCUT2D eigenvalue weighted by Crippen LogP contribution is 2.15. The average Bonchev–Trinajstić information content (AvgIpc) is 2.81. The minimum Gasteiger partial charge on any atom is -0.308 e. The van der Waals surface area contributed by atoms with Gasteiger partial charge < -0.3 is 5.32 Å². The van der Waals surface area contributed by atoms with Gasteiger partial charge in [0.15, 0.2) is 0 Å². The van der Waals surface area contributed by atoms with Crippen molar-refractivity contribution in [2.45, 2.75) is 13.3 Å². The molecule has 1 aliphatic heterocycles. The molecule has 0 saturated carbocycles. The lowest BCUT2D eigenvalue weighted by atomic mass is 10.1. The van der Waals surface area contributed by atoms with Crippen LogP contribution in [0.2, 0.25) is 0 Å². The number of aliphatic imine (C=N–C) groups is 1. The molecule has 0 saturated heterocycles. The summed E-state index contributed by atoms with van der Waals surface area (Å²) in [4.78, 5) is 16.3. The number of nitrogens with one attached hydrogen (secondary N) is 1. The number of benzene rings is 2. The smallest absolute Gasteiger partial charge is 0.275 e. The van der Waals surface area contributed by atoms with Gasteiger partial charge in [-0.2, -0.15) is 0 Å². The van der Waals surface area contributed by atoms with Crippen molar-refractivity contribution in [2.75, 3.05) is 0 Å². The Morgan fingerprint density at radius 1 is 1.18 bits per heavy atom. The van der Waals surface area contributed by atoms with Gasteiger partial charge in [0.2, 0.25) is 0 Å². The van der Waals surface area contributed by atoms with Crippen LogP contribution in [-0.2, 0) is 11.2 Å². The number of hydrogen-bond acceptors (Lipinski definition) is 2. The molecule has 2 aromatic rings. The lowest BCUT2D eigenvalue weighted by molar-refractivity contribution is -0.115. The summed E-state index contributed by atoms with van der Waals surface area (Å²) in [5.41, 5.74) is 3.36. The van der Waals surface area contributed by atoms with Crippen molar-refractivity contribution in [3.8, 4) is 0 Å². The number of carbonyl (C=O) groups excluding carboxylic acids is 1. The van der Waals surface area contributed by atoms with Crippen LogP contribution in [0.25, 0.3) is 6.08 Å². The maximum Gasteiger partial charge on any atom is 0.275 e. The van der Waals surface area contributed by atoms with E-state index in [1.165, 1.54) is 12.1 Å². The van der Waals surface area contributed by atoms with Crippen LogP contribution in [0.4, 0.5) is 4.39 Å². The number of nitrogens with zero attached hydrogens (tertiary/aromatic N) is 1. The Kier molecular flexibility index (Phi) is 3.83. The lowest BCUT2D eigenvalue weighted by Gasteiger charge is -2.00. The molecule has 0 atom stereocenters. The topological polar surface area (TPSA) is 41.5 Å².